The van der Waals surface area contributed by atoms with Crippen LogP contribution in [0.2, 0.25) is 0 Å². The minimum atomic E-state index is -0.817. The summed E-state index contributed by atoms with van der Waals surface area (Å²) in [5.74, 6) is 0.630. The Hall–Kier alpha value is -2.47. The molecule has 0 saturated carbocycles. The van der Waals surface area contributed by atoms with Crippen molar-refractivity contribution >= 4 is 23.8 Å². The summed E-state index contributed by atoms with van der Waals surface area (Å²) < 4.78 is 11.1. The molecule has 1 aliphatic rings. The summed E-state index contributed by atoms with van der Waals surface area (Å²) >= 11 is 1.78. The monoisotopic (exact) mass is 469 g/mol. The smallest absolute Gasteiger partial charge is 0.410 e. The van der Waals surface area contributed by atoms with E-state index in [2.05, 4.69) is 12.1 Å². The zero-order valence-corrected chi connectivity index (χ0v) is 20.9. The summed E-state index contributed by atoms with van der Waals surface area (Å²) in [6, 6.07) is 19.7. The molecular formula is C27H35NO4S. The first-order valence-corrected chi connectivity index (χ1v) is 12.6. The van der Waals surface area contributed by atoms with Gasteiger partial charge < -0.3 is 9.47 Å². The number of hydrogen-bond donors (Lipinski definition) is 0. The van der Waals surface area contributed by atoms with E-state index in [1.54, 1.807) is 16.7 Å². The number of piperidine rings is 1. The van der Waals surface area contributed by atoms with Crippen LogP contribution in [-0.4, -0.2) is 42.0 Å². The van der Waals surface area contributed by atoms with Crippen molar-refractivity contribution in [1.82, 2.24) is 4.90 Å². The van der Waals surface area contributed by atoms with Gasteiger partial charge in [-0.3, -0.25) is 9.69 Å². The Morgan fingerprint density at radius 1 is 1.06 bits per heavy atom. The van der Waals surface area contributed by atoms with Crippen LogP contribution >= 0.6 is 11.8 Å². The largest absolute Gasteiger partial charge is 0.469 e. The van der Waals surface area contributed by atoms with Gasteiger partial charge in [0.1, 0.15) is 5.60 Å². The molecule has 0 aliphatic carbocycles. The molecule has 3 rings (SSSR count). The molecule has 0 bridgehead atoms. The summed E-state index contributed by atoms with van der Waals surface area (Å²) in [5.41, 5.74) is -0.498. The van der Waals surface area contributed by atoms with E-state index in [9.17, 15) is 9.59 Å². The van der Waals surface area contributed by atoms with E-state index in [1.807, 2.05) is 69.3 Å². The van der Waals surface area contributed by atoms with Crippen molar-refractivity contribution in [2.75, 3.05) is 19.4 Å². The van der Waals surface area contributed by atoms with Crippen LogP contribution in [0.3, 0.4) is 0 Å². The Balaban J connectivity index is 1.90. The van der Waals surface area contributed by atoms with Gasteiger partial charge in [-0.25, -0.2) is 4.79 Å². The first-order valence-electron chi connectivity index (χ1n) is 11.6. The van der Waals surface area contributed by atoms with Crippen molar-refractivity contribution < 1.29 is 19.1 Å². The summed E-state index contributed by atoms with van der Waals surface area (Å²) in [6.07, 6.45) is 2.49. The quantitative estimate of drug-likeness (QED) is 0.263. The van der Waals surface area contributed by atoms with Crippen LogP contribution in [0.25, 0.3) is 0 Å². The normalized spacial score (nSPS) is 20.8. The fourth-order valence-corrected chi connectivity index (χ4v) is 5.53. The highest BCUT2D eigenvalue weighted by Crippen LogP contribution is 2.50. The summed E-state index contributed by atoms with van der Waals surface area (Å²) in [7, 11) is 1.44. The third-order valence-corrected chi connectivity index (χ3v) is 7.07. The Morgan fingerprint density at radius 3 is 2.30 bits per heavy atom. The zero-order valence-electron chi connectivity index (χ0n) is 20.1. The van der Waals surface area contributed by atoms with Crippen LogP contribution in [0.15, 0.2) is 65.6 Å². The third kappa shape index (κ3) is 6.32. The van der Waals surface area contributed by atoms with Gasteiger partial charge >= 0.3 is 12.1 Å². The first-order chi connectivity index (χ1) is 15.8. The number of benzene rings is 2. The summed E-state index contributed by atoms with van der Waals surface area (Å²) in [5, 5.41) is 0. The topological polar surface area (TPSA) is 55.8 Å². The third-order valence-electron chi connectivity index (χ3n) is 5.97. The van der Waals surface area contributed by atoms with Crippen LogP contribution in [0.4, 0.5) is 4.79 Å². The number of esters is 1. The maximum atomic E-state index is 13.4. The number of amides is 1. The fourth-order valence-electron chi connectivity index (χ4n) is 4.66. The second-order valence-corrected chi connectivity index (χ2v) is 10.7. The average molecular weight is 470 g/mol. The lowest BCUT2D eigenvalue weighted by atomic mass is 9.67. The number of hydrogen-bond acceptors (Lipinski definition) is 5. The van der Waals surface area contributed by atoms with E-state index in [4.69, 9.17) is 9.47 Å². The van der Waals surface area contributed by atoms with Gasteiger partial charge in [-0.15, -0.1) is 11.8 Å². The Morgan fingerprint density at radius 2 is 1.70 bits per heavy atom. The molecule has 6 heteroatoms. The second kappa shape index (κ2) is 11.1. The second-order valence-electron chi connectivity index (χ2n) is 9.50. The molecule has 33 heavy (non-hydrogen) atoms. The molecule has 5 nitrogen and oxygen atoms in total. The molecule has 178 valence electrons. The lowest BCUT2D eigenvalue weighted by Gasteiger charge is -2.48. The predicted molar refractivity (Wildman–Crippen MR) is 132 cm³/mol. The van der Waals surface area contributed by atoms with E-state index in [0.29, 0.717) is 19.4 Å². The molecule has 1 fully saturated rings. The molecule has 0 aromatic heterocycles. The Kier molecular flexibility index (Phi) is 8.46. The van der Waals surface area contributed by atoms with Crippen LogP contribution in [0, 0.1) is 5.41 Å². The Bertz CT molecular complexity index is 913. The molecular weight excluding hydrogens is 434 g/mol. The summed E-state index contributed by atoms with van der Waals surface area (Å²) in [6.45, 7) is 6.13. The van der Waals surface area contributed by atoms with Gasteiger partial charge in [-0.05, 0) is 69.9 Å². The molecule has 2 aromatic carbocycles. The van der Waals surface area contributed by atoms with Crippen LogP contribution in [-0.2, 0) is 14.3 Å². The van der Waals surface area contributed by atoms with Crippen LogP contribution in [0.1, 0.15) is 58.1 Å². The maximum Gasteiger partial charge on any atom is 0.410 e. The number of ether oxygens (including phenoxy) is 2. The highest BCUT2D eigenvalue weighted by molar-refractivity contribution is 7.99. The van der Waals surface area contributed by atoms with Gasteiger partial charge in [0.15, 0.2) is 0 Å². The van der Waals surface area contributed by atoms with Crippen molar-refractivity contribution in [1.29, 1.82) is 0 Å². The molecule has 0 radical (unpaired) electrons. The average Bonchev–Trinajstić information content (AvgIpc) is 2.81. The maximum absolute atomic E-state index is 13.4. The molecule has 1 aliphatic heterocycles. The van der Waals surface area contributed by atoms with Crippen LogP contribution < -0.4 is 0 Å². The lowest BCUT2D eigenvalue weighted by molar-refractivity contribution is -0.162. The summed E-state index contributed by atoms with van der Waals surface area (Å²) in [4.78, 5) is 29.6. The van der Waals surface area contributed by atoms with E-state index in [1.165, 1.54) is 12.0 Å². The molecule has 0 N–H and O–H groups in total. The number of carbonyl (C=O) groups excluding carboxylic acids is 2. The first kappa shape index (κ1) is 25.2. The number of carbonyl (C=O) groups is 2. The molecule has 1 heterocycles. The van der Waals surface area contributed by atoms with Crippen molar-refractivity contribution in [3.8, 4) is 0 Å². The van der Waals surface area contributed by atoms with Gasteiger partial charge in [0, 0.05) is 11.4 Å². The van der Waals surface area contributed by atoms with Crippen molar-refractivity contribution in [3.63, 3.8) is 0 Å². The van der Waals surface area contributed by atoms with Crippen molar-refractivity contribution in [3.05, 3.63) is 66.2 Å². The molecule has 2 aromatic rings. The molecule has 0 spiro atoms. The standard InChI is InChI=1S/C27H35NO4S/c1-26(2,3)32-25(30)28-19-11-17-27(24(29)31-4,23(28)21-13-7-5-8-14-21)18-12-20-33-22-15-9-6-10-16-22/h5-10,13-16,23H,11-12,17-20H2,1-4H3. The molecule has 2 atom stereocenters. The number of rotatable bonds is 7. The highest BCUT2D eigenvalue weighted by atomic mass is 32.2. The van der Waals surface area contributed by atoms with E-state index >= 15 is 0 Å². The minimum Gasteiger partial charge on any atom is -0.469 e. The Labute approximate surface area is 201 Å². The predicted octanol–water partition coefficient (Wildman–Crippen LogP) is 6.49. The zero-order chi connectivity index (χ0) is 23.9. The van der Waals surface area contributed by atoms with E-state index < -0.39 is 17.1 Å². The lowest BCUT2D eigenvalue weighted by Crippen LogP contribution is -2.53. The van der Waals surface area contributed by atoms with E-state index in [-0.39, 0.29) is 12.1 Å². The van der Waals surface area contributed by atoms with Gasteiger partial charge in [0.25, 0.3) is 0 Å². The molecule has 1 saturated heterocycles. The van der Waals surface area contributed by atoms with Crippen molar-refractivity contribution in [2.45, 2.75) is 63.0 Å². The van der Waals surface area contributed by atoms with Gasteiger partial charge in [0.05, 0.1) is 18.6 Å². The van der Waals surface area contributed by atoms with E-state index in [0.717, 1.165) is 24.2 Å². The van der Waals surface area contributed by atoms with Gasteiger partial charge in [0.2, 0.25) is 0 Å². The SMILES string of the molecule is COC(=O)C1(CCCSc2ccccc2)CCCN(C(=O)OC(C)(C)C)C1c1ccccc1. The fraction of sp³-hybridized carbons (Fsp3) is 0.481. The number of thioether (sulfide) groups is 1. The molecule has 1 amide bonds. The van der Waals surface area contributed by atoms with Crippen molar-refractivity contribution in [2.24, 2.45) is 5.41 Å². The minimum absolute atomic E-state index is 0.255. The molecule has 2 unspecified atom stereocenters. The highest BCUT2D eigenvalue weighted by Gasteiger charge is 2.53. The van der Waals surface area contributed by atoms with Gasteiger partial charge in [-0.2, -0.15) is 0 Å². The van der Waals surface area contributed by atoms with Gasteiger partial charge in [-0.1, -0.05) is 48.5 Å². The number of likely N-dealkylation sites (tertiary alicyclic amines) is 1. The number of nitrogens with zero attached hydrogens (tertiary/aromatic N) is 1. The number of methoxy groups -OCH3 is 1. The van der Waals surface area contributed by atoms with Crippen LogP contribution in [0.5, 0.6) is 0 Å².